The van der Waals surface area contributed by atoms with E-state index in [1.54, 1.807) is 0 Å². The molecule has 1 N–H and O–H groups in total. The molecule has 0 radical (unpaired) electrons. The molecule has 17 heavy (non-hydrogen) atoms. The molecule has 0 aromatic carbocycles. The second-order valence-electron chi connectivity index (χ2n) is 4.47. The molecule has 1 aromatic heterocycles. The van der Waals surface area contributed by atoms with E-state index in [2.05, 4.69) is 15.5 Å². The number of hydrogen-bond donors (Lipinski definition) is 1. The van der Waals surface area contributed by atoms with Gasteiger partial charge in [0.15, 0.2) is 5.82 Å². The maximum atomic E-state index is 11.5. The van der Waals surface area contributed by atoms with Gasteiger partial charge in [0.1, 0.15) is 0 Å². The molecule has 2 rings (SSSR count). The molecule has 1 aliphatic rings. The minimum atomic E-state index is 0.0604. The van der Waals surface area contributed by atoms with Gasteiger partial charge in [-0.1, -0.05) is 12.1 Å². The van der Waals surface area contributed by atoms with Crippen molar-refractivity contribution in [2.45, 2.75) is 38.8 Å². The summed E-state index contributed by atoms with van der Waals surface area (Å²) in [6, 6.07) is 0.408. The SMILES string of the molecule is CCc1noc(CN(C)CC(=O)NC2CC2)n1. The number of aromatic nitrogens is 2. The standard InChI is InChI=1S/C11H18N4O2/c1-3-9-13-11(17-14-9)7-15(2)6-10(16)12-8-4-5-8/h8H,3-7H2,1-2H3,(H,12,16). The number of nitrogens with one attached hydrogen (secondary N) is 1. The third-order valence-corrected chi connectivity index (χ3v) is 2.59. The van der Waals surface area contributed by atoms with Crippen LogP contribution in [0.3, 0.4) is 0 Å². The number of nitrogens with zero attached hydrogens (tertiary/aromatic N) is 3. The minimum absolute atomic E-state index is 0.0604. The molecule has 0 unspecified atom stereocenters. The summed E-state index contributed by atoms with van der Waals surface area (Å²) in [5.41, 5.74) is 0. The van der Waals surface area contributed by atoms with E-state index in [0.29, 0.717) is 30.8 Å². The lowest BCUT2D eigenvalue weighted by atomic mass is 10.4. The van der Waals surface area contributed by atoms with Gasteiger partial charge in [-0.2, -0.15) is 4.98 Å². The minimum Gasteiger partial charge on any atom is -0.352 e. The van der Waals surface area contributed by atoms with Gasteiger partial charge in [-0.3, -0.25) is 9.69 Å². The van der Waals surface area contributed by atoms with Crippen LogP contribution in [0.5, 0.6) is 0 Å². The molecule has 1 aliphatic carbocycles. The molecule has 1 aromatic rings. The van der Waals surface area contributed by atoms with Crippen LogP contribution in [0, 0.1) is 0 Å². The van der Waals surface area contributed by atoms with Gasteiger partial charge < -0.3 is 9.84 Å². The third kappa shape index (κ3) is 3.81. The Morgan fingerprint density at radius 1 is 1.59 bits per heavy atom. The van der Waals surface area contributed by atoms with Gasteiger partial charge in [-0.25, -0.2) is 0 Å². The lowest BCUT2D eigenvalue weighted by molar-refractivity contribution is -0.122. The number of rotatable bonds is 6. The fourth-order valence-corrected chi connectivity index (χ4v) is 1.53. The summed E-state index contributed by atoms with van der Waals surface area (Å²) in [5, 5.41) is 6.75. The summed E-state index contributed by atoms with van der Waals surface area (Å²) in [5.74, 6) is 1.32. The van der Waals surface area contributed by atoms with Gasteiger partial charge in [0, 0.05) is 12.5 Å². The van der Waals surface area contributed by atoms with Crippen molar-refractivity contribution in [3.8, 4) is 0 Å². The Balaban J connectivity index is 1.75. The van der Waals surface area contributed by atoms with Gasteiger partial charge in [0.2, 0.25) is 11.8 Å². The van der Waals surface area contributed by atoms with Crippen LogP contribution in [0.2, 0.25) is 0 Å². The van der Waals surface area contributed by atoms with Crippen molar-refractivity contribution in [1.29, 1.82) is 0 Å². The molecule has 0 atom stereocenters. The van der Waals surface area contributed by atoms with E-state index in [4.69, 9.17) is 4.52 Å². The van der Waals surface area contributed by atoms with Crippen LogP contribution >= 0.6 is 0 Å². The Morgan fingerprint density at radius 2 is 2.35 bits per heavy atom. The van der Waals surface area contributed by atoms with Crippen LogP contribution in [0.15, 0.2) is 4.52 Å². The highest BCUT2D eigenvalue weighted by Crippen LogP contribution is 2.18. The highest BCUT2D eigenvalue weighted by atomic mass is 16.5. The molecule has 0 saturated heterocycles. The fourth-order valence-electron chi connectivity index (χ4n) is 1.53. The number of aryl methyl sites for hydroxylation is 1. The quantitative estimate of drug-likeness (QED) is 0.774. The highest BCUT2D eigenvalue weighted by Gasteiger charge is 2.23. The summed E-state index contributed by atoms with van der Waals surface area (Å²) in [6.45, 7) is 2.84. The summed E-state index contributed by atoms with van der Waals surface area (Å²) < 4.78 is 5.07. The predicted molar refractivity (Wildman–Crippen MR) is 61.2 cm³/mol. The molecule has 1 fully saturated rings. The zero-order chi connectivity index (χ0) is 12.3. The zero-order valence-corrected chi connectivity index (χ0v) is 10.3. The van der Waals surface area contributed by atoms with Crippen LogP contribution in [0.4, 0.5) is 0 Å². The maximum absolute atomic E-state index is 11.5. The molecular weight excluding hydrogens is 220 g/mol. The lowest BCUT2D eigenvalue weighted by Gasteiger charge is -2.13. The first-order chi connectivity index (χ1) is 8.17. The monoisotopic (exact) mass is 238 g/mol. The summed E-state index contributed by atoms with van der Waals surface area (Å²) in [6.07, 6.45) is 2.98. The van der Waals surface area contributed by atoms with Crippen LogP contribution in [-0.4, -0.2) is 40.6 Å². The van der Waals surface area contributed by atoms with Gasteiger partial charge in [-0.15, -0.1) is 0 Å². The van der Waals surface area contributed by atoms with Crippen LogP contribution in [0.1, 0.15) is 31.5 Å². The summed E-state index contributed by atoms with van der Waals surface area (Å²) >= 11 is 0. The average Bonchev–Trinajstić information content (AvgIpc) is 2.95. The van der Waals surface area contributed by atoms with Crippen LogP contribution < -0.4 is 5.32 Å². The van der Waals surface area contributed by atoms with Gasteiger partial charge in [0.05, 0.1) is 13.1 Å². The first kappa shape index (κ1) is 12.0. The number of hydrogen-bond acceptors (Lipinski definition) is 5. The molecule has 94 valence electrons. The molecule has 1 heterocycles. The number of carbonyl (C=O) groups excluding carboxylic acids is 1. The van der Waals surface area contributed by atoms with Gasteiger partial charge in [0.25, 0.3) is 0 Å². The Labute approximate surface area is 100 Å². The Bertz CT molecular complexity index is 387. The largest absolute Gasteiger partial charge is 0.352 e. The van der Waals surface area contributed by atoms with Crippen molar-refractivity contribution in [1.82, 2.24) is 20.4 Å². The van der Waals surface area contributed by atoms with Crippen molar-refractivity contribution in [2.75, 3.05) is 13.6 Å². The van der Waals surface area contributed by atoms with E-state index < -0.39 is 0 Å². The average molecular weight is 238 g/mol. The Hall–Kier alpha value is -1.43. The topological polar surface area (TPSA) is 71.3 Å². The molecule has 6 nitrogen and oxygen atoms in total. The van der Waals surface area contributed by atoms with Gasteiger partial charge >= 0.3 is 0 Å². The third-order valence-electron chi connectivity index (χ3n) is 2.59. The maximum Gasteiger partial charge on any atom is 0.240 e. The Kier molecular flexibility index (Phi) is 3.73. The van der Waals surface area contributed by atoms with Crippen molar-refractivity contribution in [3.05, 3.63) is 11.7 Å². The van der Waals surface area contributed by atoms with E-state index >= 15 is 0 Å². The molecule has 1 amide bonds. The molecule has 0 aliphatic heterocycles. The second kappa shape index (κ2) is 5.27. The fraction of sp³-hybridized carbons (Fsp3) is 0.727. The van der Waals surface area contributed by atoms with E-state index in [0.717, 1.165) is 19.3 Å². The molecule has 0 spiro atoms. The van der Waals surface area contributed by atoms with Crippen LogP contribution in [0.25, 0.3) is 0 Å². The van der Waals surface area contributed by atoms with Crippen LogP contribution in [-0.2, 0) is 17.8 Å². The van der Waals surface area contributed by atoms with Crippen molar-refractivity contribution < 1.29 is 9.32 Å². The number of likely N-dealkylation sites (N-methyl/N-ethyl adjacent to an activating group) is 1. The first-order valence-corrected chi connectivity index (χ1v) is 5.96. The van der Waals surface area contributed by atoms with Crippen molar-refractivity contribution >= 4 is 5.91 Å². The second-order valence-corrected chi connectivity index (χ2v) is 4.47. The predicted octanol–water partition coefficient (Wildman–Crippen LogP) is 0.342. The number of amides is 1. The Morgan fingerprint density at radius 3 is 2.94 bits per heavy atom. The summed E-state index contributed by atoms with van der Waals surface area (Å²) in [4.78, 5) is 17.6. The molecule has 1 saturated carbocycles. The highest BCUT2D eigenvalue weighted by molar-refractivity contribution is 5.78. The summed E-state index contributed by atoms with van der Waals surface area (Å²) in [7, 11) is 1.86. The molecular formula is C11H18N4O2. The lowest BCUT2D eigenvalue weighted by Crippen LogP contribution is -2.36. The van der Waals surface area contributed by atoms with E-state index in [1.807, 2.05) is 18.9 Å². The molecule has 0 bridgehead atoms. The van der Waals surface area contributed by atoms with Gasteiger partial charge in [-0.05, 0) is 19.9 Å². The normalized spacial score (nSPS) is 15.2. The van der Waals surface area contributed by atoms with Crippen molar-refractivity contribution in [3.63, 3.8) is 0 Å². The van der Waals surface area contributed by atoms with E-state index in [9.17, 15) is 4.79 Å². The zero-order valence-electron chi connectivity index (χ0n) is 10.3. The smallest absolute Gasteiger partial charge is 0.240 e. The van der Waals surface area contributed by atoms with E-state index in [1.165, 1.54) is 0 Å². The number of carbonyl (C=O) groups is 1. The van der Waals surface area contributed by atoms with E-state index in [-0.39, 0.29) is 5.91 Å². The molecule has 6 heteroatoms. The van der Waals surface area contributed by atoms with Crippen molar-refractivity contribution in [2.24, 2.45) is 0 Å². The first-order valence-electron chi connectivity index (χ1n) is 5.96.